The number of aliphatic carboxylic acids is 2. The van der Waals surface area contributed by atoms with Crippen LogP contribution < -0.4 is 5.32 Å². The van der Waals surface area contributed by atoms with E-state index in [0.717, 1.165) is 41.7 Å². The number of rotatable bonds is 7. The van der Waals surface area contributed by atoms with Crippen molar-refractivity contribution in [2.75, 3.05) is 6.54 Å². The Hall–Kier alpha value is -4.31. The predicted octanol–water partition coefficient (Wildman–Crippen LogP) is 5.04. The van der Waals surface area contributed by atoms with Gasteiger partial charge >= 0.3 is 24.1 Å². The van der Waals surface area contributed by atoms with Crippen molar-refractivity contribution < 1.29 is 62.3 Å². The van der Waals surface area contributed by atoms with Crippen LogP contribution in [0.1, 0.15) is 97.1 Å². The first-order chi connectivity index (χ1) is 24.1. The number of allylic oxidation sites excluding steroid dienone is 1. The van der Waals surface area contributed by atoms with Crippen molar-refractivity contribution >= 4 is 40.6 Å². The van der Waals surface area contributed by atoms with E-state index in [-0.39, 0.29) is 36.9 Å². The number of hydrogen-bond donors (Lipinski definition) is 5. The number of carboxylic acids is 2. The molecule has 1 aliphatic rings. The highest BCUT2D eigenvalue weighted by atomic mass is 19.4. The third kappa shape index (κ3) is 12.7. The lowest BCUT2D eigenvalue weighted by atomic mass is 9.73. The van der Waals surface area contributed by atoms with Crippen LogP contribution in [0, 0.1) is 24.2 Å². The molecule has 3 rings (SSSR count). The molecular formula is C36H50F3N3O10. The summed E-state index contributed by atoms with van der Waals surface area (Å²) in [5.41, 5.74) is 2.13. The molecule has 0 fully saturated rings. The Morgan fingerprint density at radius 1 is 1.08 bits per heavy atom. The van der Waals surface area contributed by atoms with Gasteiger partial charge < -0.3 is 35.0 Å². The average molecular weight is 742 g/mol. The number of imidazole rings is 1. The summed E-state index contributed by atoms with van der Waals surface area (Å²) in [4.78, 5) is 62.7. The fourth-order valence-electron chi connectivity index (χ4n) is 5.92. The van der Waals surface area contributed by atoms with Crippen LogP contribution in [0.4, 0.5) is 13.2 Å². The summed E-state index contributed by atoms with van der Waals surface area (Å²) >= 11 is 0. The van der Waals surface area contributed by atoms with Crippen molar-refractivity contribution in [3.8, 4) is 0 Å². The maximum absolute atomic E-state index is 13.3. The maximum Gasteiger partial charge on any atom is 0.490 e. The molecule has 0 aliphatic carbocycles. The number of nitrogens with one attached hydrogen (secondary N) is 1. The van der Waals surface area contributed by atoms with E-state index >= 15 is 0 Å². The lowest BCUT2D eigenvalue weighted by Crippen LogP contribution is -2.45. The molecule has 2 heterocycles. The van der Waals surface area contributed by atoms with E-state index in [4.69, 9.17) is 19.7 Å². The summed E-state index contributed by atoms with van der Waals surface area (Å²) in [5.74, 6) is -5.09. The molecule has 5 atom stereocenters. The van der Waals surface area contributed by atoms with Crippen molar-refractivity contribution in [3.05, 3.63) is 41.2 Å². The lowest BCUT2D eigenvalue weighted by Gasteiger charge is -2.34. The first-order valence-corrected chi connectivity index (χ1v) is 17.1. The van der Waals surface area contributed by atoms with Crippen molar-refractivity contribution in [2.24, 2.45) is 17.3 Å². The molecule has 13 nitrogen and oxygen atoms in total. The van der Waals surface area contributed by atoms with Gasteiger partial charge in [-0.2, -0.15) is 13.2 Å². The molecule has 290 valence electrons. The van der Waals surface area contributed by atoms with Gasteiger partial charge in [0.05, 0.1) is 41.5 Å². The quantitative estimate of drug-likeness (QED) is 0.188. The molecule has 1 aromatic heterocycles. The molecule has 0 spiro atoms. The van der Waals surface area contributed by atoms with Gasteiger partial charge in [-0.3, -0.25) is 19.2 Å². The number of halogens is 3. The van der Waals surface area contributed by atoms with Crippen molar-refractivity contribution in [1.82, 2.24) is 14.9 Å². The zero-order valence-corrected chi connectivity index (χ0v) is 30.3. The zero-order chi connectivity index (χ0) is 39.6. The monoisotopic (exact) mass is 741 g/mol. The SMILES string of the molecule is C/C1=C/C[C@@H](c2ccc3c(c2)nc(C)n3CCNC(=O)CCC(=O)O)OC(=O)C[C@H](O)C(C)(C)C(=O)[C@H](C)[C@@H](O)[C@@H](C)CCC1.O=C(O)C(F)(F)F. The number of ether oxygens (including phenoxy) is 1. The van der Waals surface area contributed by atoms with Crippen LogP contribution in [0.15, 0.2) is 29.8 Å². The first-order valence-electron chi connectivity index (χ1n) is 17.1. The summed E-state index contributed by atoms with van der Waals surface area (Å²) < 4.78 is 39.6. The molecule has 16 heteroatoms. The van der Waals surface area contributed by atoms with Crippen LogP contribution in [0.3, 0.4) is 0 Å². The first kappa shape index (κ1) is 43.9. The third-order valence-electron chi connectivity index (χ3n) is 9.32. The van der Waals surface area contributed by atoms with Crippen LogP contribution in [0.5, 0.6) is 0 Å². The third-order valence-corrected chi connectivity index (χ3v) is 9.32. The maximum atomic E-state index is 13.3. The number of fused-ring (bicyclic) bond motifs is 1. The molecule has 1 amide bonds. The molecule has 0 saturated heterocycles. The number of cyclic esters (lactones) is 1. The number of hydrogen-bond acceptors (Lipinski definition) is 9. The minimum Gasteiger partial charge on any atom is -0.481 e. The number of Topliss-reactive ketones (excluding diaryl/α,β-unsaturated/α-hetero) is 1. The molecule has 1 aromatic carbocycles. The fourth-order valence-corrected chi connectivity index (χ4v) is 5.92. The lowest BCUT2D eigenvalue weighted by molar-refractivity contribution is -0.192. The number of ketones is 1. The van der Waals surface area contributed by atoms with Crippen molar-refractivity contribution in [3.63, 3.8) is 0 Å². The van der Waals surface area contributed by atoms with E-state index in [0.29, 0.717) is 25.0 Å². The van der Waals surface area contributed by atoms with Gasteiger partial charge in [0, 0.05) is 31.8 Å². The highest BCUT2D eigenvalue weighted by Gasteiger charge is 2.42. The Bertz CT molecular complexity index is 1620. The van der Waals surface area contributed by atoms with Gasteiger partial charge in [-0.15, -0.1) is 0 Å². The van der Waals surface area contributed by atoms with E-state index in [2.05, 4.69) is 16.4 Å². The minimum absolute atomic E-state index is 0.0808. The number of carbonyl (C=O) groups excluding carboxylic acids is 3. The number of alkyl halides is 3. The Labute approximate surface area is 300 Å². The summed E-state index contributed by atoms with van der Waals surface area (Å²) in [5, 5.41) is 40.5. The van der Waals surface area contributed by atoms with Crippen LogP contribution in [0.25, 0.3) is 11.0 Å². The van der Waals surface area contributed by atoms with E-state index in [1.54, 1.807) is 20.8 Å². The van der Waals surface area contributed by atoms with Crippen LogP contribution >= 0.6 is 0 Å². The van der Waals surface area contributed by atoms with Gasteiger partial charge in [0.15, 0.2) is 0 Å². The highest BCUT2D eigenvalue weighted by Crippen LogP contribution is 2.34. The highest BCUT2D eigenvalue weighted by molar-refractivity contribution is 5.88. The number of nitrogens with zero attached hydrogens (tertiary/aromatic N) is 2. The summed E-state index contributed by atoms with van der Waals surface area (Å²) in [7, 11) is 0. The molecule has 5 N–H and O–H groups in total. The number of benzene rings is 1. The Kier molecular flexibility index (Phi) is 16.0. The van der Waals surface area contributed by atoms with Crippen molar-refractivity contribution in [2.45, 2.75) is 118 Å². The number of aryl methyl sites for hydroxylation is 1. The van der Waals surface area contributed by atoms with Crippen LogP contribution in [0.2, 0.25) is 0 Å². The van der Waals surface area contributed by atoms with Crippen LogP contribution in [-0.2, 0) is 35.3 Å². The Balaban J connectivity index is 0.00000121. The number of carboxylic acid groups (broad SMARTS) is 2. The largest absolute Gasteiger partial charge is 0.490 e. The second kappa shape index (κ2) is 19.0. The van der Waals surface area contributed by atoms with Gasteiger partial charge in [0.2, 0.25) is 5.91 Å². The standard InChI is InChI=1S/C34H49N3O8.C2HF3O2/c1-20-8-7-9-21(2)32(43)22(3)33(44)34(5,6)28(38)19-31(42)45-27(13-10-20)24-11-12-26-25(18-24)36-23(4)37(26)17-16-35-29(39)14-15-30(40)41;3-2(4,5)1(6)7/h10-12,18,21-22,27-28,32,38,43H,7-9,13-17,19H2,1-6H3,(H,35,39)(H,40,41);(H,6,7)/b20-10-;/t21-,22+,27-,28-,32-;/m0./s1. The number of aromatic nitrogens is 2. The molecule has 2 aromatic rings. The number of aliphatic hydroxyl groups excluding tert-OH is 2. The van der Waals surface area contributed by atoms with Gasteiger partial charge in [0.1, 0.15) is 17.7 Å². The van der Waals surface area contributed by atoms with Gasteiger partial charge in [0.25, 0.3) is 0 Å². The topological polar surface area (TPSA) is 205 Å². The number of carbonyl (C=O) groups is 5. The van der Waals surface area contributed by atoms with Gasteiger partial charge in [-0.05, 0) is 56.7 Å². The van der Waals surface area contributed by atoms with E-state index in [9.17, 15) is 42.6 Å². The van der Waals surface area contributed by atoms with E-state index < -0.39 is 53.7 Å². The molecule has 0 bridgehead atoms. The Morgan fingerprint density at radius 2 is 1.71 bits per heavy atom. The fraction of sp³-hybridized carbons (Fsp3) is 0.611. The Morgan fingerprint density at radius 3 is 2.31 bits per heavy atom. The van der Waals surface area contributed by atoms with Crippen LogP contribution in [-0.4, -0.2) is 84.5 Å². The normalized spacial score (nSPS) is 24.5. The molecule has 52 heavy (non-hydrogen) atoms. The summed E-state index contributed by atoms with van der Waals surface area (Å²) in [6.07, 6.45) is -3.68. The minimum atomic E-state index is -5.08. The average Bonchev–Trinajstić information content (AvgIpc) is 3.37. The van der Waals surface area contributed by atoms with Gasteiger partial charge in [-0.25, -0.2) is 9.78 Å². The molecular weight excluding hydrogens is 691 g/mol. The second-order valence-electron chi connectivity index (χ2n) is 13.8. The zero-order valence-electron chi connectivity index (χ0n) is 30.3. The molecule has 1 aliphatic heterocycles. The molecule has 0 radical (unpaired) electrons. The van der Waals surface area contributed by atoms with Crippen molar-refractivity contribution in [1.29, 1.82) is 0 Å². The molecule has 0 saturated carbocycles. The number of esters is 1. The van der Waals surface area contributed by atoms with E-state index in [1.165, 1.54) is 0 Å². The second-order valence-corrected chi connectivity index (χ2v) is 13.8. The predicted molar refractivity (Wildman–Crippen MR) is 183 cm³/mol. The number of aliphatic hydroxyl groups is 2. The smallest absolute Gasteiger partial charge is 0.481 e. The molecule has 0 unspecified atom stereocenters. The van der Waals surface area contributed by atoms with Gasteiger partial charge in [-0.1, -0.05) is 45.4 Å². The number of amides is 1. The summed E-state index contributed by atoms with van der Waals surface area (Å²) in [6, 6.07) is 5.64. The summed E-state index contributed by atoms with van der Waals surface area (Å²) in [6.45, 7) is 11.5. The van der Waals surface area contributed by atoms with E-state index in [1.807, 2.05) is 43.5 Å².